The van der Waals surface area contributed by atoms with Gasteiger partial charge in [0, 0.05) is 5.56 Å². The molecule has 0 unspecified atom stereocenters. The molecule has 104 valence electrons. The summed E-state index contributed by atoms with van der Waals surface area (Å²) in [6.45, 7) is 2.21. The number of benzene rings is 1. The monoisotopic (exact) mass is 270 g/mol. The van der Waals surface area contributed by atoms with E-state index in [0.717, 1.165) is 42.6 Å². The van der Waals surface area contributed by atoms with E-state index >= 15 is 0 Å². The zero-order chi connectivity index (χ0) is 13.9. The van der Waals surface area contributed by atoms with E-state index in [1.165, 1.54) is 0 Å². The molecular formula is C16H18N2O2. The van der Waals surface area contributed by atoms with Crippen LogP contribution in [0.2, 0.25) is 0 Å². The molecule has 0 fully saturated rings. The van der Waals surface area contributed by atoms with E-state index in [9.17, 15) is 4.79 Å². The average Bonchev–Trinajstić information content (AvgIpc) is 2.88. The molecule has 0 bridgehead atoms. The van der Waals surface area contributed by atoms with Gasteiger partial charge in [0.15, 0.2) is 5.69 Å². The van der Waals surface area contributed by atoms with E-state index in [1.807, 2.05) is 37.3 Å². The number of carbonyl (C=O) groups is 1. The van der Waals surface area contributed by atoms with E-state index in [1.54, 1.807) is 4.68 Å². The number of carbonyl (C=O) groups excluding carboxylic acids is 1. The predicted octanol–water partition coefficient (Wildman–Crippen LogP) is 2.93. The Labute approximate surface area is 118 Å². The molecule has 1 aromatic heterocycles. The van der Waals surface area contributed by atoms with E-state index in [4.69, 9.17) is 4.74 Å². The Kier molecular flexibility index (Phi) is 3.54. The largest absolute Gasteiger partial charge is 0.461 e. The van der Waals surface area contributed by atoms with E-state index < -0.39 is 0 Å². The summed E-state index contributed by atoms with van der Waals surface area (Å²) in [5.74, 6) is -0.271. The first-order valence-corrected chi connectivity index (χ1v) is 7.14. The van der Waals surface area contributed by atoms with Crippen LogP contribution in [0.1, 0.15) is 41.5 Å². The molecule has 4 nitrogen and oxygen atoms in total. The minimum Gasteiger partial charge on any atom is -0.461 e. The van der Waals surface area contributed by atoms with Crippen molar-refractivity contribution >= 4 is 5.97 Å². The number of hydrogen-bond donors (Lipinski definition) is 0. The molecule has 1 aliphatic rings. The van der Waals surface area contributed by atoms with Gasteiger partial charge in [0.1, 0.15) is 0 Å². The number of rotatable bonds is 3. The molecule has 0 atom stereocenters. The Balaban J connectivity index is 2.13. The third-order valence-electron chi connectivity index (χ3n) is 3.63. The van der Waals surface area contributed by atoms with Crippen LogP contribution >= 0.6 is 0 Å². The van der Waals surface area contributed by atoms with Crippen molar-refractivity contribution in [2.45, 2.75) is 32.6 Å². The molecule has 1 aromatic carbocycles. The highest BCUT2D eigenvalue weighted by molar-refractivity contribution is 5.90. The number of nitrogens with zero attached hydrogens (tertiary/aromatic N) is 2. The van der Waals surface area contributed by atoms with Crippen molar-refractivity contribution in [1.29, 1.82) is 0 Å². The molecule has 20 heavy (non-hydrogen) atoms. The van der Waals surface area contributed by atoms with Crippen molar-refractivity contribution in [3.8, 4) is 5.69 Å². The molecule has 1 aliphatic carbocycles. The lowest BCUT2D eigenvalue weighted by Gasteiger charge is -2.11. The molecule has 4 heteroatoms. The van der Waals surface area contributed by atoms with Gasteiger partial charge >= 0.3 is 5.97 Å². The maximum atomic E-state index is 12.3. The second-order valence-corrected chi connectivity index (χ2v) is 4.95. The van der Waals surface area contributed by atoms with Crippen LogP contribution in [-0.4, -0.2) is 22.4 Å². The first-order chi connectivity index (χ1) is 9.81. The standard InChI is InChI=1S/C16H18N2O2/c1-2-20-16(19)15-13-10-6-7-11-14(13)17-18(15)12-8-4-3-5-9-12/h3-5,8-9H,2,6-7,10-11H2,1H3. The summed E-state index contributed by atoms with van der Waals surface area (Å²) in [6.07, 6.45) is 4.11. The van der Waals surface area contributed by atoms with Gasteiger partial charge in [-0.2, -0.15) is 5.10 Å². The van der Waals surface area contributed by atoms with Gasteiger partial charge in [0.05, 0.1) is 18.0 Å². The summed E-state index contributed by atoms with van der Waals surface area (Å²) in [5, 5.41) is 4.64. The SMILES string of the molecule is CCOC(=O)c1c2c(nn1-c1ccccc1)CCCC2. The van der Waals surface area contributed by atoms with Gasteiger partial charge in [-0.05, 0) is 44.7 Å². The Morgan fingerprint density at radius 1 is 1.25 bits per heavy atom. The zero-order valence-corrected chi connectivity index (χ0v) is 11.6. The van der Waals surface area contributed by atoms with Crippen LogP contribution in [0.25, 0.3) is 5.69 Å². The van der Waals surface area contributed by atoms with Crippen molar-refractivity contribution in [3.63, 3.8) is 0 Å². The van der Waals surface area contributed by atoms with Crippen molar-refractivity contribution in [2.24, 2.45) is 0 Å². The molecule has 2 aromatic rings. The number of fused-ring (bicyclic) bond motifs is 1. The highest BCUT2D eigenvalue weighted by Crippen LogP contribution is 2.26. The van der Waals surface area contributed by atoms with Crippen LogP contribution in [-0.2, 0) is 17.6 Å². The molecule has 0 radical (unpaired) electrons. The summed E-state index contributed by atoms with van der Waals surface area (Å²) in [7, 11) is 0. The van der Waals surface area contributed by atoms with Crippen LogP contribution in [0.5, 0.6) is 0 Å². The van der Waals surface area contributed by atoms with E-state index in [2.05, 4.69) is 5.10 Å². The Bertz CT molecular complexity index is 617. The fraction of sp³-hybridized carbons (Fsp3) is 0.375. The summed E-state index contributed by atoms with van der Waals surface area (Å²) in [5.41, 5.74) is 3.62. The number of aryl methyl sites for hydroxylation is 1. The van der Waals surface area contributed by atoms with Gasteiger partial charge in [-0.25, -0.2) is 9.48 Å². The fourth-order valence-corrected chi connectivity index (χ4v) is 2.72. The number of para-hydroxylation sites is 1. The zero-order valence-electron chi connectivity index (χ0n) is 11.6. The molecule has 1 heterocycles. The van der Waals surface area contributed by atoms with Gasteiger partial charge in [-0.3, -0.25) is 0 Å². The lowest BCUT2D eigenvalue weighted by molar-refractivity contribution is 0.0514. The highest BCUT2D eigenvalue weighted by Gasteiger charge is 2.26. The van der Waals surface area contributed by atoms with Crippen LogP contribution in [0, 0.1) is 0 Å². The minimum atomic E-state index is -0.271. The molecule has 0 spiro atoms. The number of esters is 1. The van der Waals surface area contributed by atoms with Gasteiger partial charge in [-0.1, -0.05) is 18.2 Å². The highest BCUT2D eigenvalue weighted by atomic mass is 16.5. The minimum absolute atomic E-state index is 0.271. The van der Waals surface area contributed by atoms with Crippen LogP contribution in [0.4, 0.5) is 0 Å². The molecule has 0 N–H and O–H groups in total. The molecule has 3 rings (SSSR count). The summed E-state index contributed by atoms with van der Waals surface area (Å²) >= 11 is 0. The fourth-order valence-electron chi connectivity index (χ4n) is 2.72. The normalized spacial score (nSPS) is 13.8. The first-order valence-electron chi connectivity index (χ1n) is 7.14. The van der Waals surface area contributed by atoms with Crippen molar-refractivity contribution < 1.29 is 9.53 Å². The lowest BCUT2D eigenvalue weighted by Crippen LogP contribution is -2.14. The number of aromatic nitrogens is 2. The molecular weight excluding hydrogens is 252 g/mol. The van der Waals surface area contributed by atoms with Crippen LogP contribution in [0.3, 0.4) is 0 Å². The number of ether oxygens (including phenoxy) is 1. The summed E-state index contributed by atoms with van der Waals surface area (Å²) < 4.78 is 6.96. The molecule has 0 saturated carbocycles. The Morgan fingerprint density at radius 3 is 2.75 bits per heavy atom. The average molecular weight is 270 g/mol. The van der Waals surface area contributed by atoms with Crippen molar-refractivity contribution in [3.05, 3.63) is 47.3 Å². The molecule has 0 amide bonds. The third kappa shape index (κ3) is 2.22. The van der Waals surface area contributed by atoms with Gasteiger partial charge in [0.2, 0.25) is 0 Å². The van der Waals surface area contributed by atoms with Gasteiger partial charge in [-0.15, -0.1) is 0 Å². The third-order valence-corrected chi connectivity index (χ3v) is 3.63. The van der Waals surface area contributed by atoms with E-state index in [-0.39, 0.29) is 5.97 Å². The maximum Gasteiger partial charge on any atom is 0.357 e. The predicted molar refractivity (Wildman–Crippen MR) is 76.2 cm³/mol. The quantitative estimate of drug-likeness (QED) is 0.805. The van der Waals surface area contributed by atoms with E-state index in [0.29, 0.717) is 12.3 Å². The van der Waals surface area contributed by atoms with Crippen LogP contribution in [0.15, 0.2) is 30.3 Å². The van der Waals surface area contributed by atoms with Crippen LogP contribution < -0.4 is 0 Å². The van der Waals surface area contributed by atoms with Crippen molar-refractivity contribution in [1.82, 2.24) is 9.78 Å². The smallest absolute Gasteiger partial charge is 0.357 e. The second kappa shape index (κ2) is 5.49. The summed E-state index contributed by atoms with van der Waals surface area (Å²) in [6, 6.07) is 9.77. The summed E-state index contributed by atoms with van der Waals surface area (Å²) in [4.78, 5) is 12.3. The van der Waals surface area contributed by atoms with Gasteiger partial charge < -0.3 is 4.74 Å². The Hall–Kier alpha value is -2.10. The molecule has 0 saturated heterocycles. The number of hydrogen-bond acceptors (Lipinski definition) is 3. The lowest BCUT2D eigenvalue weighted by atomic mass is 9.96. The topological polar surface area (TPSA) is 44.1 Å². The maximum absolute atomic E-state index is 12.3. The second-order valence-electron chi connectivity index (χ2n) is 4.95. The Morgan fingerprint density at radius 2 is 2.00 bits per heavy atom. The van der Waals surface area contributed by atoms with Gasteiger partial charge in [0.25, 0.3) is 0 Å². The molecule has 0 aliphatic heterocycles. The first kappa shape index (κ1) is 12.9. The van der Waals surface area contributed by atoms with Crippen molar-refractivity contribution in [2.75, 3.05) is 6.61 Å².